The van der Waals surface area contributed by atoms with Crippen LogP contribution in [0.2, 0.25) is 0 Å². The smallest absolute Gasteiger partial charge is 0.358 e. The van der Waals surface area contributed by atoms with Gasteiger partial charge in [-0.2, -0.15) is 0 Å². The van der Waals surface area contributed by atoms with Crippen molar-refractivity contribution in [2.45, 2.75) is 26.9 Å². The molecule has 0 N–H and O–H groups in total. The van der Waals surface area contributed by atoms with Gasteiger partial charge in [-0.15, -0.1) is 22.7 Å². The third-order valence-electron chi connectivity index (χ3n) is 4.47. The average molecular weight is 466 g/mol. The van der Waals surface area contributed by atoms with Gasteiger partial charge in [0.1, 0.15) is 6.61 Å². The number of hydrogen-bond donors (Lipinski definition) is 0. The fourth-order valence-electron chi connectivity index (χ4n) is 2.87. The molecule has 3 heterocycles. The van der Waals surface area contributed by atoms with Crippen LogP contribution in [0.25, 0.3) is 10.8 Å². The topological polar surface area (TPSA) is 98.2 Å². The first kappa shape index (κ1) is 21.7. The van der Waals surface area contributed by atoms with Crippen LogP contribution in [0, 0.1) is 0 Å². The number of rotatable bonds is 7. The predicted octanol–water partition coefficient (Wildman–Crippen LogP) is 4.66. The SMILES string of the molecule is CCc1ccc(N(C(C)=O)c2nc(COC(=O)c3csc(-c4ncccn4)n3)cs2)cc1. The second-order valence-corrected chi connectivity index (χ2v) is 8.38. The molecule has 4 rings (SSSR count). The van der Waals surface area contributed by atoms with Gasteiger partial charge in [-0.25, -0.2) is 24.7 Å². The molecule has 1 aromatic carbocycles. The molecule has 0 aliphatic rings. The third-order valence-corrected chi connectivity index (χ3v) is 6.18. The lowest BCUT2D eigenvalue weighted by molar-refractivity contribution is -0.115. The van der Waals surface area contributed by atoms with Gasteiger partial charge in [0, 0.05) is 30.1 Å². The molecule has 0 aliphatic heterocycles. The van der Waals surface area contributed by atoms with Gasteiger partial charge in [0.2, 0.25) is 5.91 Å². The Kier molecular flexibility index (Phi) is 6.62. The lowest BCUT2D eigenvalue weighted by Crippen LogP contribution is -2.22. The summed E-state index contributed by atoms with van der Waals surface area (Å²) < 4.78 is 5.36. The summed E-state index contributed by atoms with van der Waals surface area (Å²) in [7, 11) is 0. The molecule has 0 saturated heterocycles. The number of nitrogens with zero attached hydrogens (tertiary/aromatic N) is 5. The number of anilines is 2. The van der Waals surface area contributed by atoms with Crippen LogP contribution in [0.3, 0.4) is 0 Å². The van der Waals surface area contributed by atoms with E-state index >= 15 is 0 Å². The zero-order chi connectivity index (χ0) is 22.5. The third kappa shape index (κ3) is 4.87. The van der Waals surface area contributed by atoms with Gasteiger partial charge < -0.3 is 4.74 Å². The number of thiazole rings is 2. The number of hydrogen-bond acceptors (Lipinski definition) is 9. The summed E-state index contributed by atoms with van der Waals surface area (Å²) in [6, 6.07) is 9.49. The van der Waals surface area contributed by atoms with E-state index in [0.29, 0.717) is 21.7 Å². The van der Waals surface area contributed by atoms with E-state index in [2.05, 4.69) is 26.9 Å². The van der Waals surface area contributed by atoms with E-state index in [1.54, 1.807) is 34.1 Å². The Morgan fingerprint density at radius 1 is 1.03 bits per heavy atom. The standard InChI is InChI=1S/C22H19N5O3S2/c1-3-15-5-7-17(8-6-15)27(14(2)28)22-25-16(12-32-22)11-30-21(29)18-13-31-20(26-18)19-23-9-4-10-24-19/h4-10,12-13H,3,11H2,1-2H3. The quantitative estimate of drug-likeness (QED) is 0.366. The molecule has 0 unspecified atom stereocenters. The largest absolute Gasteiger partial charge is 0.454 e. The van der Waals surface area contributed by atoms with Crippen molar-refractivity contribution in [3.05, 3.63) is 70.4 Å². The van der Waals surface area contributed by atoms with E-state index in [1.165, 1.54) is 35.2 Å². The molecule has 0 saturated carbocycles. The first-order valence-electron chi connectivity index (χ1n) is 9.79. The normalized spacial score (nSPS) is 10.7. The van der Waals surface area contributed by atoms with Crippen molar-refractivity contribution in [2.24, 2.45) is 0 Å². The highest BCUT2D eigenvalue weighted by Gasteiger charge is 2.19. The van der Waals surface area contributed by atoms with Crippen LogP contribution in [-0.2, 0) is 22.6 Å². The van der Waals surface area contributed by atoms with Crippen LogP contribution in [0.4, 0.5) is 10.8 Å². The first-order chi connectivity index (χ1) is 15.5. The van der Waals surface area contributed by atoms with Gasteiger partial charge in [-0.1, -0.05) is 19.1 Å². The molecule has 0 radical (unpaired) electrons. The van der Waals surface area contributed by atoms with Crippen molar-refractivity contribution in [3.63, 3.8) is 0 Å². The van der Waals surface area contributed by atoms with E-state index in [-0.39, 0.29) is 18.2 Å². The molecule has 1 amide bonds. The second-order valence-electron chi connectivity index (χ2n) is 6.68. The summed E-state index contributed by atoms with van der Waals surface area (Å²) in [5.74, 6) is -0.251. The summed E-state index contributed by atoms with van der Waals surface area (Å²) in [4.78, 5) is 43.2. The maximum atomic E-state index is 12.4. The fraction of sp³-hybridized carbons (Fsp3) is 0.182. The molecular weight excluding hydrogens is 446 g/mol. The Bertz CT molecular complexity index is 1220. The van der Waals surface area contributed by atoms with Gasteiger partial charge >= 0.3 is 5.97 Å². The van der Waals surface area contributed by atoms with Crippen LogP contribution >= 0.6 is 22.7 Å². The highest BCUT2D eigenvalue weighted by Crippen LogP contribution is 2.29. The number of carbonyl (C=O) groups is 2. The van der Waals surface area contributed by atoms with Crippen LogP contribution in [0.15, 0.2) is 53.5 Å². The predicted molar refractivity (Wildman–Crippen MR) is 123 cm³/mol. The maximum absolute atomic E-state index is 12.4. The van der Waals surface area contributed by atoms with Crippen molar-refractivity contribution in [2.75, 3.05) is 4.90 Å². The Morgan fingerprint density at radius 2 is 1.78 bits per heavy atom. The Hall–Kier alpha value is -3.50. The molecular formula is C22H19N5O3S2. The summed E-state index contributed by atoms with van der Waals surface area (Å²) in [5, 5.41) is 4.44. The van der Waals surface area contributed by atoms with Gasteiger partial charge in [-0.05, 0) is 30.2 Å². The Labute approximate surface area is 192 Å². The zero-order valence-electron chi connectivity index (χ0n) is 17.4. The minimum atomic E-state index is -0.559. The fourth-order valence-corrected chi connectivity index (χ4v) is 4.47. The van der Waals surface area contributed by atoms with Gasteiger partial charge in [0.15, 0.2) is 21.7 Å². The minimum Gasteiger partial charge on any atom is -0.454 e. The van der Waals surface area contributed by atoms with E-state index in [0.717, 1.165) is 12.1 Å². The number of aryl methyl sites for hydroxylation is 1. The lowest BCUT2D eigenvalue weighted by atomic mass is 10.1. The highest BCUT2D eigenvalue weighted by molar-refractivity contribution is 7.14. The number of carbonyl (C=O) groups excluding carboxylic acids is 2. The monoisotopic (exact) mass is 465 g/mol. The van der Waals surface area contributed by atoms with E-state index in [9.17, 15) is 9.59 Å². The van der Waals surface area contributed by atoms with Crippen LogP contribution in [0.1, 0.15) is 35.6 Å². The van der Waals surface area contributed by atoms with E-state index < -0.39 is 5.97 Å². The molecule has 0 aliphatic carbocycles. The molecule has 162 valence electrons. The first-order valence-corrected chi connectivity index (χ1v) is 11.5. The average Bonchev–Trinajstić information content (AvgIpc) is 3.49. The lowest BCUT2D eigenvalue weighted by Gasteiger charge is -2.18. The van der Waals surface area contributed by atoms with Crippen molar-refractivity contribution < 1.29 is 14.3 Å². The highest BCUT2D eigenvalue weighted by atomic mass is 32.1. The van der Waals surface area contributed by atoms with Crippen molar-refractivity contribution >= 4 is 45.4 Å². The van der Waals surface area contributed by atoms with Crippen molar-refractivity contribution in [1.29, 1.82) is 0 Å². The number of esters is 1. The summed E-state index contributed by atoms with van der Waals surface area (Å²) in [6.07, 6.45) is 4.15. The minimum absolute atomic E-state index is 0.0233. The molecule has 0 bridgehead atoms. The molecule has 10 heteroatoms. The van der Waals surface area contributed by atoms with Crippen LogP contribution in [-0.4, -0.2) is 31.8 Å². The maximum Gasteiger partial charge on any atom is 0.358 e. The summed E-state index contributed by atoms with van der Waals surface area (Å²) in [6.45, 7) is 3.55. The van der Waals surface area contributed by atoms with E-state index in [1.807, 2.05) is 24.3 Å². The molecule has 3 aromatic heterocycles. The summed E-state index contributed by atoms with van der Waals surface area (Å²) >= 11 is 2.58. The van der Waals surface area contributed by atoms with Crippen molar-refractivity contribution in [1.82, 2.24) is 19.9 Å². The zero-order valence-corrected chi connectivity index (χ0v) is 19.0. The van der Waals surface area contributed by atoms with Crippen LogP contribution in [0.5, 0.6) is 0 Å². The number of ether oxygens (including phenoxy) is 1. The molecule has 8 nitrogen and oxygen atoms in total. The van der Waals surface area contributed by atoms with Crippen LogP contribution < -0.4 is 4.90 Å². The molecule has 0 fully saturated rings. The molecule has 0 spiro atoms. The van der Waals surface area contributed by atoms with Gasteiger partial charge in [-0.3, -0.25) is 9.69 Å². The number of amides is 1. The second kappa shape index (κ2) is 9.75. The van der Waals surface area contributed by atoms with Crippen molar-refractivity contribution in [3.8, 4) is 10.8 Å². The number of benzene rings is 1. The molecule has 32 heavy (non-hydrogen) atoms. The summed E-state index contributed by atoms with van der Waals surface area (Å²) in [5.41, 5.74) is 2.67. The van der Waals surface area contributed by atoms with E-state index in [4.69, 9.17) is 4.74 Å². The van der Waals surface area contributed by atoms with Gasteiger partial charge in [0.25, 0.3) is 0 Å². The number of aromatic nitrogens is 4. The Balaban J connectivity index is 1.43. The molecule has 0 atom stereocenters. The Morgan fingerprint density at radius 3 is 2.47 bits per heavy atom. The molecule has 4 aromatic rings. The van der Waals surface area contributed by atoms with Gasteiger partial charge in [0.05, 0.1) is 11.4 Å².